The number of carbonyl (C=O) groups excluding carboxylic acids is 3. The Morgan fingerprint density at radius 1 is 1.03 bits per heavy atom. The van der Waals surface area contributed by atoms with Gasteiger partial charge in [0.2, 0.25) is 11.6 Å². The van der Waals surface area contributed by atoms with Crippen LogP contribution in [-0.2, 0) is 20.8 Å². The number of nitrogens with one attached hydrogen (secondary N) is 1. The third-order valence-electron chi connectivity index (χ3n) is 5.16. The van der Waals surface area contributed by atoms with Crippen molar-refractivity contribution in [1.82, 2.24) is 10.2 Å². The smallest absolute Gasteiger partial charge is 0.351 e. The summed E-state index contributed by atoms with van der Waals surface area (Å²) in [6, 6.07) is 18.0. The first kappa shape index (κ1) is 22.0. The van der Waals surface area contributed by atoms with E-state index in [-0.39, 0.29) is 12.1 Å². The third kappa shape index (κ3) is 5.25. The van der Waals surface area contributed by atoms with Gasteiger partial charge in [0, 0.05) is 5.56 Å². The lowest BCUT2D eigenvalue weighted by Gasteiger charge is -2.33. The normalized spacial score (nSPS) is 18.3. The minimum atomic E-state index is -2.10. The number of unbranched alkanes of at least 4 members (excludes halogenated alkanes) is 1. The SMILES string of the molecule is O=C1CN(C(=O)C=CCCCc2ccccc2)C(NC(=O)c2ccccc2)(C(=O)O)C1. The van der Waals surface area contributed by atoms with Gasteiger partial charge in [0.25, 0.3) is 5.91 Å². The number of nitrogens with zero attached hydrogens (tertiary/aromatic N) is 1. The number of carboxylic acid groups (broad SMARTS) is 1. The summed E-state index contributed by atoms with van der Waals surface area (Å²) in [6.45, 7) is -0.367. The van der Waals surface area contributed by atoms with Gasteiger partial charge in [-0.05, 0) is 43.0 Å². The maximum absolute atomic E-state index is 12.7. The van der Waals surface area contributed by atoms with E-state index >= 15 is 0 Å². The molecule has 1 aliphatic rings. The molecule has 0 radical (unpaired) electrons. The maximum atomic E-state index is 12.7. The highest BCUT2D eigenvalue weighted by molar-refractivity contribution is 6.05. The topological polar surface area (TPSA) is 104 Å². The van der Waals surface area contributed by atoms with Crippen molar-refractivity contribution < 1.29 is 24.3 Å². The van der Waals surface area contributed by atoms with Gasteiger partial charge in [0.1, 0.15) is 0 Å². The fourth-order valence-electron chi connectivity index (χ4n) is 3.56. The number of likely N-dealkylation sites (tertiary alicyclic amines) is 1. The number of carboxylic acids is 1. The molecule has 7 heteroatoms. The van der Waals surface area contributed by atoms with Crippen molar-refractivity contribution in [1.29, 1.82) is 0 Å². The summed E-state index contributed by atoms with van der Waals surface area (Å²) in [7, 11) is 0. The second-order valence-electron chi connectivity index (χ2n) is 7.41. The average Bonchev–Trinajstić information content (AvgIpc) is 3.12. The van der Waals surface area contributed by atoms with E-state index in [9.17, 15) is 24.3 Å². The number of aliphatic carboxylic acids is 1. The number of amides is 2. The quantitative estimate of drug-likeness (QED) is 0.505. The van der Waals surface area contributed by atoms with Crippen molar-refractivity contribution in [2.45, 2.75) is 31.3 Å². The fraction of sp³-hybridized carbons (Fsp3) is 0.250. The number of ketones is 1. The summed E-state index contributed by atoms with van der Waals surface area (Å²) in [5.41, 5.74) is -0.664. The molecule has 1 saturated heterocycles. The number of benzene rings is 2. The lowest BCUT2D eigenvalue weighted by molar-refractivity contribution is -0.156. The van der Waals surface area contributed by atoms with Gasteiger partial charge in [-0.1, -0.05) is 54.6 Å². The zero-order chi connectivity index (χ0) is 22.3. The third-order valence-corrected chi connectivity index (χ3v) is 5.16. The molecule has 1 fully saturated rings. The van der Waals surface area contributed by atoms with E-state index in [1.807, 2.05) is 30.3 Å². The van der Waals surface area contributed by atoms with Crippen molar-refractivity contribution >= 4 is 23.6 Å². The van der Waals surface area contributed by atoms with Crippen LogP contribution in [0, 0.1) is 0 Å². The molecule has 0 bridgehead atoms. The molecule has 2 amide bonds. The zero-order valence-corrected chi connectivity index (χ0v) is 17.0. The highest BCUT2D eigenvalue weighted by Crippen LogP contribution is 2.26. The Morgan fingerprint density at radius 2 is 1.68 bits per heavy atom. The Kier molecular flexibility index (Phi) is 6.97. The average molecular weight is 420 g/mol. The number of allylic oxidation sites excluding steroid dienone is 1. The predicted octanol–water partition coefficient (Wildman–Crippen LogP) is 2.58. The number of aryl methyl sites for hydroxylation is 1. The molecular weight excluding hydrogens is 396 g/mol. The summed E-state index contributed by atoms with van der Waals surface area (Å²) < 4.78 is 0. The van der Waals surface area contributed by atoms with E-state index < -0.39 is 35.7 Å². The zero-order valence-electron chi connectivity index (χ0n) is 17.0. The minimum Gasteiger partial charge on any atom is -0.478 e. The van der Waals surface area contributed by atoms with E-state index in [1.165, 1.54) is 23.8 Å². The Morgan fingerprint density at radius 3 is 2.32 bits per heavy atom. The summed E-state index contributed by atoms with van der Waals surface area (Å²) in [5.74, 6) is -3.17. The van der Waals surface area contributed by atoms with Crippen LogP contribution in [0.3, 0.4) is 0 Å². The molecule has 2 N–H and O–H groups in total. The number of hydrogen-bond acceptors (Lipinski definition) is 4. The first-order valence-electron chi connectivity index (χ1n) is 10.1. The van der Waals surface area contributed by atoms with Crippen LogP contribution in [-0.4, -0.2) is 45.8 Å². The molecule has 2 aromatic carbocycles. The highest BCUT2D eigenvalue weighted by atomic mass is 16.4. The summed E-state index contributed by atoms with van der Waals surface area (Å²) in [6.07, 6.45) is 4.76. The van der Waals surface area contributed by atoms with Gasteiger partial charge >= 0.3 is 5.97 Å². The molecule has 0 aromatic heterocycles. The first-order chi connectivity index (χ1) is 14.9. The van der Waals surface area contributed by atoms with Crippen LogP contribution in [0.2, 0.25) is 0 Å². The number of rotatable bonds is 8. The van der Waals surface area contributed by atoms with E-state index in [0.29, 0.717) is 6.42 Å². The fourth-order valence-corrected chi connectivity index (χ4v) is 3.56. The lowest BCUT2D eigenvalue weighted by Crippen LogP contribution is -2.63. The molecule has 2 aromatic rings. The summed E-state index contributed by atoms with van der Waals surface area (Å²) >= 11 is 0. The lowest BCUT2D eigenvalue weighted by atomic mass is 10.1. The largest absolute Gasteiger partial charge is 0.478 e. The molecule has 1 unspecified atom stereocenters. The van der Waals surface area contributed by atoms with Crippen LogP contribution in [0.4, 0.5) is 0 Å². The van der Waals surface area contributed by atoms with E-state index in [0.717, 1.165) is 17.7 Å². The molecular formula is C24H24N2O5. The standard InChI is InChI=1S/C24H24N2O5/c27-20-16-24(23(30)31,25-22(29)19-13-7-3-8-14-19)26(17-20)21(28)15-9-2-6-12-18-10-4-1-5-11-18/h1,3-5,7-11,13-15H,2,6,12,16-17H2,(H,25,29)(H,30,31). The van der Waals surface area contributed by atoms with Crippen LogP contribution >= 0.6 is 0 Å². The first-order valence-corrected chi connectivity index (χ1v) is 10.1. The minimum absolute atomic E-state index is 0.242. The number of Topliss-reactive ketones (excluding diaryl/α,β-unsaturated/α-hetero) is 1. The Hall–Kier alpha value is -3.74. The van der Waals surface area contributed by atoms with Crippen molar-refractivity contribution in [2.75, 3.05) is 6.54 Å². The van der Waals surface area contributed by atoms with Crippen LogP contribution in [0.25, 0.3) is 0 Å². The van der Waals surface area contributed by atoms with Crippen LogP contribution in [0.15, 0.2) is 72.8 Å². The predicted molar refractivity (Wildman–Crippen MR) is 114 cm³/mol. The Bertz CT molecular complexity index is 988. The van der Waals surface area contributed by atoms with Crippen molar-refractivity contribution in [3.8, 4) is 0 Å². The molecule has 1 aliphatic heterocycles. The van der Waals surface area contributed by atoms with Gasteiger partial charge in [0.15, 0.2) is 5.78 Å². The summed E-state index contributed by atoms with van der Waals surface area (Å²) in [5, 5.41) is 12.3. The van der Waals surface area contributed by atoms with E-state index in [2.05, 4.69) is 5.32 Å². The monoisotopic (exact) mass is 420 g/mol. The van der Waals surface area contributed by atoms with Crippen molar-refractivity contribution in [2.24, 2.45) is 0 Å². The second-order valence-corrected chi connectivity index (χ2v) is 7.41. The van der Waals surface area contributed by atoms with E-state index in [4.69, 9.17) is 0 Å². The molecule has 7 nitrogen and oxygen atoms in total. The Balaban J connectivity index is 1.68. The van der Waals surface area contributed by atoms with Gasteiger partial charge in [-0.3, -0.25) is 19.3 Å². The second kappa shape index (κ2) is 9.84. The summed E-state index contributed by atoms with van der Waals surface area (Å²) in [4.78, 5) is 50.4. The molecule has 0 spiro atoms. The number of hydrogen-bond donors (Lipinski definition) is 2. The van der Waals surface area contributed by atoms with Crippen LogP contribution in [0.5, 0.6) is 0 Å². The molecule has 31 heavy (non-hydrogen) atoms. The van der Waals surface area contributed by atoms with E-state index in [1.54, 1.807) is 24.3 Å². The molecule has 3 rings (SSSR count). The van der Waals surface area contributed by atoms with Crippen LogP contribution < -0.4 is 5.32 Å². The van der Waals surface area contributed by atoms with Gasteiger partial charge in [-0.2, -0.15) is 0 Å². The van der Waals surface area contributed by atoms with Gasteiger partial charge < -0.3 is 10.4 Å². The van der Waals surface area contributed by atoms with Gasteiger partial charge in [-0.15, -0.1) is 0 Å². The Labute approximate surface area is 180 Å². The molecule has 1 heterocycles. The number of carbonyl (C=O) groups is 4. The molecule has 160 valence electrons. The van der Waals surface area contributed by atoms with Crippen molar-refractivity contribution in [3.63, 3.8) is 0 Å². The van der Waals surface area contributed by atoms with Crippen LogP contribution in [0.1, 0.15) is 35.2 Å². The van der Waals surface area contributed by atoms with Crippen molar-refractivity contribution in [3.05, 3.63) is 83.9 Å². The van der Waals surface area contributed by atoms with Gasteiger partial charge in [0.05, 0.1) is 13.0 Å². The molecule has 0 aliphatic carbocycles. The highest BCUT2D eigenvalue weighted by Gasteiger charge is 2.54. The van der Waals surface area contributed by atoms with Gasteiger partial charge in [-0.25, -0.2) is 4.79 Å². The molecule has 0 saturated carbocycles. The maximum Gasteiger partial charge on any atom is 0.351 e. The molecule has 1 atom stereocenters.